The minimum Gasteiger partial charge on any atom is -0.409 e. The molecule has 27 heavy (non-hydrogen) atoms. The van der Waals surface area contributed by atoms with Crippen LogP contribution in [0.1, 0.15) is 5.56 Å². The number of carbonyl (C=O) groups excluding carboxylic acids is 1. The summed E-state index contributed by atoms with van der Waals surface area (Å²) in [6, 6.07) is 6.86. The van der Waals surface area contributed by atoms with Gasteiger partial charge in [0.1, 0.15) is 17.6 Å². The summed E-state index contributed by atoms with van der Waals surface area (Å²) in [5.41, 5.74) is 1.09. The standard InChI is InChI=1S/C16H12BrFN6O3/c17-12-6-9(3-4-13(12)18)20-14(23-26)11-8-27-24-15(11)22-16(25)21-10-2-1-5-19-7-10/h1-8,26H,(H,20,23)(H2,21,22,24,25). The summed E-state index contributed by atoms with van der Waals surface area (Å²) >= 11 is 3.07. The number of benzene rings is 1. The molecule has 3 aromatic rings. The summed E-state index contributed by atoms with van der Waals surface area (Å²) in [4.78, 5) is 16.0. The van der Waals surface area contributed by atoms with Gasteiger partial charge in [0.2, 0.25) is 0 Å². The number of nitrogens with one attached hydrogen (secondary N) is 3. The number of amidine groups is 1. The Bertz CT molecular complexity index is 979. The van der Waals surface area contributed by atoms with Gasteiger partial charge in [-0.05, 0) is 46.3 Å². The smallest absolute Gasteiger partial charge is 0.325 e. The fourth-order valence-electron chi connectivity index (χ4n) is 2.06. The van der Waals surface area contributed by atoms with E-state index in [1.807, 2.05) is 0 Å². The van der Waals surface area contributed by atoms with Gasteiger partial charge in [0.05, 0.1) is 16.4 Å². The molecule has 0 atom stereocenters. The molecule has 4 N–H and O–H groups in total. The second kappa shape index (κ2) is 8.27. The zero-order valence-corrected chi connectivity index (χ0v) is 15.1. The number of oxime groups is 1. The maximum atomic E-state index is 13.3. The quantitative estimate of drug-likeness (QED) is 0.214. The molecule has 0 saturated heterocycles. The maximum Gasteiger partial charge on any atom is 0.325 e. The average Bonchev–Trinajstić information content (AvgIpc) is 3.11. The molecule has 0 unspecified atom stereocenters. The van der Waals surface area contributed by atoms with Gasteiger partial charge in [0.25, 0.3) is 0 Å². The van der Waals surface area contributed by atoms with Crippen molar-refractivity contribution in [3.8, 4) is 0 Å². The molecule has 1 aromatic carbocycles. The van der Waals surface area contributed by atoms with Crippen LogP contribution in [0.2, 0.25) is 0 Å². The summed E-state index contributed by atoms with van der Waals surface area (Å²) in [5.74, 6) is -0.494. The van der Waals surface area contributed by atoms with Crippen LogP contribution in [0, 0.1) is 5.82 Å². The fraction of sp³-hybridized carbons (Fsp3) is 0. The third-order valence-corrected chi connectivity index (χ3v) is 3.87. The first kappa shape index (κ1) is 18.3. The highest BCUT2D eigenvalue weighted by Crippen LogP contribution is 2.22. The predicted molar refractivity (Wildman–Crippen MR) is 99.4 cm³/mol. The van der Waals surface area contributed by atoms with Crippen LogP contribution < -0.4 is 16.0 Å². The lowest BCUT2D eigenvalue weighted by atomic mass is 10.2. The van der Waals surface area contributed by atoms with Gasteiger partial charge in [-0.15, -0.1) is 0 Å². The Labute approximate surface area is 160 Å². The lowest BCUT2D eigenvalue weighted by Gasteiger charge is -2.09. The number of amides is 2. The molecule has 0 saturated carbocycles. The molecule has 0 spiro atoms. The minimum atomic E-state index is -0.597. The van der Waals surface area contributed by atoms with Crippen molar-refractivity contribution in [1.82, 2.24) is 10.1 Å². The van der Waals surface area contributed by atoms with Crippen LogP contribution >= 0.6 is 15.9 Å². The molecule has 11 heteroatoms. The molecule has 9 nitrogen and oxygen atoms in total. The van der Waals surface area contributed by atoms with E-state index < -0.39 is 11.8 Å². The van der Waals surface area contributed by atoms with Crippen LogP contribution in [0.15, 0.2) is 63.1 Å². The highest BCUT2D eigenvalue weighted by Gasteiger charge is 2.18. The summed E-state index contributed by atoms with van der Waals surface area (Å²) in [6.45, 7) is 0. The molecule has 0 bridgehead atoms. The second-order valence-corrected chi connectivity index (χ2v) is 5.95. The predicted octanol–water partition coefficient (Wildman–Crippen LogP) is 3.86. The molecule has 0 aliphatic rings. The van der Waals surface area contributed by atoms with Crippen molar-refractivity contribution in [2.45, 2.75) is 0 Å². The van der Waals surface area contributed by atoms with E-state index in [0.717, 1.165) is 0 Å². The van der Waals surface area contributed by atoms with Gasteiger partial charge in [-0.2, -0.15) is 0 Å². The van der Waals surface area contributed by atoms with Gasteiger partial charge >= 0.3 is 6.03 Å². The average molecular weight is 435 g/mol. The van der Waals surface area contributed by atoms with Gasteiger partial charge in [-0.1, -0.05) is 10.3 Å². The molecular weight excluding hydrogens is 423 g/mol. The van der Waals surface area contributed by atoms with Crippen molar-refractivity contribution in [2.75, 3.05) is 16.0 Å². The lowest BCUT2D eigenvalue weighted by Crippen LogP contribution is -2.22. The van der Waals surface area contributed by atoms with Crippen molar-refractivity contribution < 1.29 is 18.9 Å². The van der Waals surface area contributed by atoms with Crippen molar-refractivity contribution in [2.24, 2.45) is 5.16 Å². The first-order valence-electron chi connectivity index (χ1n) is 7.43. The molecule has 0 aliphatic carbocycles. The molecule has 2 heterocycles. The normalized spacial score (nSPS) is 11.1. The van der Waals surface area contributed by atoms with Crippen LogP contribution in [0.25, 0.3) is 0 Å². The minimum absolute atomic E-state index is 0.0119. The SMILES string of the molecule is O=C(Nc1cccnc1)Nc1nocc1/C(=N/O)Nc1ccc(F)c(Br)c1. The molecule has 138 valence electrons. The fourth-order valence-corrected chi connectivity index (χ4v) is 2.44. The van der Waals surface area contributed by atoms with Crippen LogP contribution in [-0.2, 0) is 0 Å². The first-order chi connectivity index (χ1) is 13.1. The van der Waals surface area contributed by atoms with E-state index in [0.29, 0.717) is 11.4 Å². The Morgan fingerprint density at radius 2 is 2.07 bits per heavy atom. The number of hydrogen-bond donors (Lipinski definition) is 4. The number of pyridine rings is 1. The van der Waals surface area contributed by atoms with E-state index in [2.05, 4.69) is 47.2 Å². The van der Waals surface area contributed by atoms with Crippen LogP contribution in [-0.4, -0.2) is 27.2 Å². The van der Waals surface area contributed by atoms with Crippen LogP contribution in [0.4, 0.5) is 26.4 Å². The van der Waals surface area contributed by atoms with E-state index in [4.69, 9.17) is 4.52 Å². The van der Waals surface area contributed by atoms with Crippen molar-refractivity contribution in [1.29, 1.82) is 0 Å². The Morgan fingerprint density at radius 3 is 2.78 bits per heavy atom. The number of nitrogens with zero attached hydrogens (tertiary/aromatic N) is 3. The van der Waals surface area contributed by atoms with E-state index >= 15 is 0 Å². The summed E-state index contributed by atoms with van der Waals surface area (Å²) in [6.07, 6.45) is 4.22. The third-order valence-electron chi connectivity index (χ3n) is 3.26. The van der Waals surface area contributed by atoms with E-state index in [-0.39, 0.29) is 21.7 Å². The van der Waals surface area contributed by atoms with Gasteiger partial charge in [-0.25, -0.2) is 9.18 Å². The maximum absolute atomic E-state index is 13.3. The van der Waals surface area contributed by atoms with E-state index in [1.165, 1.54) is 30.7 Å². The van der Waals surface area contributed by atoms with Gasteiger partial charge in [0.15, 0.2) is 11.7 Å². The third kappa shape index (κ3) is 4.58. The number of halogens is 2. The lowest BCUT2D eigenvalue weighted by molar-refractivity contribution is 0.262. The number of anilines is 3. The number of rotatable bonds is 4. The number of urea groups is 1. The van der Waals surface area contributed by atoms with Crippen molar-refractivity contribution >= 4 is 45.0 Å². The molecule has 0 radical (unpaired) electrons. The van der Waals surface area contributed by atoms with Crippen molar-refractivity contribution in [3.63, 3.8) is 0 Å². The Kier molecular flexibility index (Phi) is 5.61. The summed E-state index contributed by atoms with van der Waals surface area (Å²) in [5, 5.41) is 24.0. The number of carbonyl (C=O) groups is 1. The number of hydrogen-bond acceptors (Lipinski definition) is 6. The summed E-state index contributed by atoms with van der Waals surface area (Å²) in [7, 11) is 0. The topological polar surface area (TPSA) is 125 Å². The summed E-state index contributed by atoms with van der Waals surface area (Å²) < 4.78 is 18.4. The largest absolute Gasteiger partial charge is 0.409 e. The molecule has 0 fully saturated rings. The van der Waals surface area contributed by atoms with E-state index in [1.54, 1.807) is 18.3 Å². The first-order valence-corrected chi connectivity index (χ1v) is 8.23. The molecule has 2 amide bonds. The second-order valence-electron chi connectivity index (χ2n) is 5.10. The van der Waals surface area contributed by atoms with Crippen molar-refractivity contribution in [3.05, 3.63) is 64.8 Å². The van der Waals surface area contributed by atoms with Gasteiger partial charge in [0, 0.05) is 11.9 Å². The zero-order chi connectivity index (χ0) is 19.2. The Balaban J connectivity index is 1.74. The highest BCUT2D eigenvalue weighted by atomic mass is 79.9. The van der Waals surface area contributed by atoms with Crippen LogP contribution in [0.3, 0.4) is 0 Å². The van der Waals surface area contributed by atoms with Crippen LogP contribution in [0.5, 0.6) is 0 Å². The Morgan fingerprint density at radius 1 is 1.22 bits per heavy atom. The molecular formula is C16H12BrFN6O3. The highest BCUT2D eigenvalue weighted by molar-refractivity contribution is 9.10. The monoisotopic (exact) mass is 434 g/mol. The van der Waals surface area contributed by atoms with Gasteiger partial charge < -0.3 is 20.4 Å². The molecule has 2 aromatic heterocycles. The molecule has 0 aliphatic heterocycles. The molecule has 3 rings (SSSR count). The van der Waals surface area contributed by atoms with Gasteiger partial charge in [-0.3, -0.25) is 10.3 Å². The number of aromatic nitrogens is 2. The van der Waals surface area contributed by atoms with E-state index in [9.17, 15) is 14.4 Å². The zero-order valence-electron chi connectivity index (χ0n) is 13.5. The Hall–Kier alpha value is -3.47.